The average Bonchev–Trinajstić information content (AvgIpc) is 2.56. The van der Waals surface area contributed by atoms with Crippen LogP contribution in [0.25, 0.3) is 0 Å². The highest BCUT2D eigenvalue weighted by Crippen LogP contribution is 2.45. The number of hydrogen-bond acceptors (Lipinski definition) is 5. The van der Waals surface area contributed by atoms with E-state index in [2.05, 4.69) is 14.9 Å². The lowest BCUT2D eigenvalue weighted by Crippen LogP contribution is -2.54. The van der Waals surface area contributed by atoms with Crippen LogP contribution in [0, 0.1) is 11.3 Å². The summed E-state index contributed by atoms with van der Waals surface area (Å²) in [6.45, 7) is 5.16. The lowest BCUT2D eigenvalue weighted by molar-refractivity contribution is -0.132. The molecule has 1 amide bonds. The number of likely N-dealkylation sites (tertiary alicyclic amines) is 1. The average molecular weight is 304 g/mol. The first kappa shape index (κ1) is 15.2. The van der Waals surface area contributed by atoms with Crippen LogP contribution in [0.5, 0.6) is 0 Å². The van der Waals surface area contributed by atoms with Crippen molar-refractivity contribution in [2.24, 2.45) is 11.3 Å². The number of carbonyl (C=O) groups is 1. The molecular weight excluding hydrogens is 280 g/mol. The van der Waals surface area contributed by atoms with E-state index in [4.69, 9.17) is 0 Å². The molecule has 1 N–H and O–H groups in total. The van der Waals surface area contributed by atoms with E-state index in [9.17, 15) is 9.90 Å². The molecule has 0 bridgehead atoms. The lowest BCUT2D eigenvalue weighted by Gasteiger charge is -2.51. The van der Waals surface area contributed by atoms with Gasteiger partial charge in [-0.15, -0.1) is 0 Å². The molecule has 6 heteroatoms. The number of carbonyl (C=O) groups excluding carboxylic acids is 1. The Morgan fingerprint density at radius 1 is 1.27 bits per heavy atom. The van der Waals surface area contributed by atoms with Crippen LogP contribution >= 0.6 is 0 Å². The van der Waals surface area contributed by atoms with Crippen LogP contribution in [0.3, 0.4) is 0 Å². The van der Waals surface area contributed by atoms with Gasteiger partial charge in [0, 0.05) is 58.0 Å². The molecule has 0 aromatic carbocycles. The summed E-state index contributed by atoms with van der Waals surface area (Å²) in [6, 6.07) is 1.82. The molecule has 1 atom stereocenters. The first-order valence-electron chi connectivity index (χ1n) is 8.03. The van der Waals surface area contributed by atoms with E-state index < -0.39 is 0 Å². The van der Waals surface area contributed by atoms with E-state index in [1.165, 1.54) is 0 Å². The predicted molar refractivity (Wildman–Crippen MR) is 83.4 cm³/mol. The minimum atomic E-state index is 0.158. The van der Waals surface area contributed by atoms with Crippen molar-refractivity contribution in [3.63, 3.8) is 0 Å². The molecule has 3 rings (SSSR count). The van der Waals surface area contributed by atoms with E-state index in [1.54, 1.807) is 19.3 Å². The molecule has 1 aromatic rings. The number of anilines is 1. The van der Waals surface area contributed by atoms with Gasteiger partial charge in [0.25, 0.3) is 0 Å². The fourth-order valence-corrected chi connectivity index (χ4v) is 3.93. The lowest BCUT2D eigenvalue weighted by atomic mass is 9.64. The van der Waals surface area contributed by atoms with Crippen molar-refractivity contribution in [1.82, 2.24) is 14.9 Å². The van der Waals surface area contributed by atoms with Crippen LogP contribution < -0.4 is 4.90 Å². The first-order chi connectivity index (χ1) is 10.6. The Morgan fingerprint density at radius 2 is 1.91 bits per heavy atom. The molecular formula is C16H24N4O2. The Balaban J connectivity index is 1.70. The summed E-state index contributed by atoms with van der Waals surface area (Å²) < 4.78 is 0. The summed E-state index contributed by atoms with van der Waals surface area (Å²) in [5.41, 5.74) is 0.159. The molecule has 2 aliphatic heterocycles. The molecule has 120 valence electrons. The number of hydrogen-bond donors (Lipinski definition) is 1. The van der Waals surface area contributed by atoms with Gasteiger partial charge in [0.1, 0.15) is 0 Å². The van der Waals surface area contributed by atoms with Crippen molar-refractivity contribution < 1.29 is 9.90 Å². The monoisotopic (exact) mass is 304 g/mol. The van der Waals surface area contributed by atoms with Crippen LogP contribution in [0.15, 0.2) is 18.5 Å². The zero-order chi connectivity index (χ0) is 15.6. The van der Waals surface area contributed by atoms with Crippen molar-refractivity contribution in [2.45, 2.75) is 26.2 Å². The van der Waals surface area contributed by atoms with Crippen LogP contribution in [-0.4, -0.2) is 58.7 Å². The third-order valence-corrected chi connectivity index (χ3v) is 5.45. The molecule has 3 heterocycles. The van der Waals surface area contributed by atoms with Crippen molar-refractivity contribution in [3.8, 4) is 0 Å². The standard InChI is InChI=1S/C16H24N4O2/c1-13(22)19-8-3-16(4-9-19)5-10-20(11-14(16)12-21)15-17-6-2-7-18-15/h2,6-7,14,21H,3-5,8-12H2,1H3. The van der Waals surface area contributed by atoms with Crippen molar-refractivity contribution in [1.29, 1.82) is 0 Å². The molecule has 1 aromatic heterocycles. The SMILES string of the molecule is CC(=O)N1CCC2(CC1)CCN(c1ncccn1)CC2CO. The summed E-state index contributed by atoms with van der Waals surface area (Å²) in [7, 11) is 0. The molecule has 1 spiro atoms. The second kappa shape index (κ2) is 6.20. The predicted octanol–water partition coefficient (Wildman–Crippen LogP) is 0.924. The molecule has 0 aliphatic carbocycles. The molecule has 2 aliphatic rings. The van der Waals surface area contributed by atoms with E-state index in [1.807, 2.05) is 11.0 Å². The Morgan fingerprint density at radius 3 is 2.50 bits per heavy atom. The second-order valence-corrected chi connectivity index (χ2v) is 6.49. The van der Waals surface area contributed by atoms with E-state index in [0.717, 1.165) is 51.4 Å². The maximum absolute atomic E-state index is 11.5. The smallest absolute Gasteiger partial charge is 0.225 e. The zero-order valence-corrected chi connectivity index (χ0v) is 13.1. The zero-order valence-electron chi connectivity index (χ0n) is 13.1. The number of amides is 1. The van der Waals surface area contributed by atoms with E-state index in [-0.39, 0.29) is 23.8 Å². The van der Waals surface area contributed by atoms with Gasteiger partial charge in [0.2, 0.25) is 11.9 Å². The Kier molecular flexibility index (Phi) is 4.29. The highest BCUT2D eigenvalue weighted by Gasteiger charge is 2.45. The van der Waals surface area contributed by atoms with Crippen molar-refractivity contribution >= 4 is 11.9 Å². The topological polar surface area (TPSA) is 69.6 Å². The Hall–Kier alpha value is -1.69. The number of aromatic nitrogens is 2. The van der Waals surface area contributed by atoms with Crippen molar-refractivity contribution in [3.05, 3.63) is 18.5 Å². The van der Waals surface area contributed by atoms with Gasteiger partial charge in [0.05, 0.1) is 0 Å². The largest absolute Gasteiger partial charge is 0.396 e. The van der Waals surface area contributed by atoms with Crippen LogP contribution in [0.4, 0.5) is 5.95 Å². The second-order valence-electron chi connectivity index (χ2n) is 6.49. The number of aliphatic hydroxyl groups is 1. The molecule has 2 saturated heterocycles. The molecule has 0 saturated carbocycles. The summed E-state index contributed by atoms with van der Waals surface area (Å²) >= 11 is 0. The molecule has 22 heavy (non-hydrogen) atoms. The Bertz CT molecular complexity index is 514. The van der Waals surface area contributed by atoms with Gasteiger partial charge in [-0.05, 0) is 30.7 Å². The van der Waals surface area contributed by atoms with Gasteiger partial charge in [-0.3, -0.25) is 4.79 Å². The molecule has 6 nitrogen and oxygen atoms in total. The van der Waals surface area contributed by atoms with Gasteiger partial charge in [-0.2, -0.15) is 0 Å². The highest BCUT2D eigenvalue weighted by atomic mass is 16.3. The molecule has 2 fully saturated rings. The maximum Gasteiger partial charge on any atom is 0.225 e. The van der Waals surface area contributed by atoms with E-state index >= 15 is 0 Å². The van der Waals surface area contributed by atoms with Gasteiger partial charge < -0.3 is 14.9 Å². The number of piperidine rings is 2. The fraction of sp³-hybridized carbons (Fsp3) is 0.688. The summed E-state index contributed by atoms with van der Waals surface area (Å²) in [5, 5.41) is 9.90. The summed E-state index contributed by atoms with van der Waals surface area (Å²) in [6.07, 6.45) is 6.52. The third-order valence-electron chi connectivity index (χ3n) is 5.45. The van der Waals surface area contributed by atoms with Gasteiger partial charge in [-0.25, -0.2) is 9.97 Å². The highest BCUT2D eigenvalue weighted by molar-refractivity contribution is 5.73. The first-order valence-corrected chi connectivity index (χ1v) is 8.03. The number of nitrogens with zero attached hydrogens (tertiary/aromatic N) is 4. The maximum atomic E-state index is 11.5. The number of aliphatic hydroxyl groups excluding tert-OH is 1. The van der Waals surface area contributed by atoms with Crippen LogP contribution in [-0.2, 0) is 4.79 Å². The van der Waals surface area contributed by atoms with Gasteiger partial charge in [-0.1, -0.05) is 0 Å². The van der Waals surface area contributed by atoms with E-state index in [0.29, 0.717) is 0 Å². The number of rotatable bonds is 2. The quantitative estimate of drug-likeness (QED) is 0.880. The minimum absolute atomic E-state index is 0.158. The molecule has 1 unspecified atom stereocenters. The van der Waals surface area contributed by atoms with Crippen molar-refractivity contribution in [2.75, 3.05) is 37.7 Å². The summed E-state index contributed by atoms with van der Waals surface area (Å²) in [5.74, 6) is 1.13. The minimum Gasteiger partial charge on any atom is -0.396 e. The fourth-order valence-electron chi connectivity index (χ4n) is 3.93. The third kappa shape index (κ3) is 2.79. The Labute approximate surface area is 131 Å². The van der Waals surface area contributed by atoms with Crippen LogP contribution in [0.1, 0.15) is 26.2 Å². The molecule has 0 radical (unpaired) electrons. The van der Waals surface area contributed by atoms with Gasteiger partial charge in [0.15, 0.2) is 0 Å². The summed E-state index contributed by atoms with van der Waals surface area (Å²) in [4.78, 5) is 24.2. The normalized spacial score (nSPS) is 24.5. The van der Waals surface area contributed by atoms with Gasteiger partial charge >= 0.3 is 0 Å². The van der Waals surface area contributed by atoms with Crippen LogP contribution in [0.2, 0.25) is 0 Å².